The van der Waals surface area contributed by atoms with Crippen LogP contribution in [0.2, 0.25) is 0 Å². The topological polar surface area (TPSA) is 66.8 Å². The number of carbonyl (C=O) groups excluding carboxylic acids is 1. The van der Waals surface area contributed by atoms with Crippen molar-refractivity contribution in [3.05, 3.63) is 65.2 Å². The van der Waals surface area contributed by atoms with Gasteiger partial charge in [0.2, 0.25) is 0 Å². The highest BCUT2D eigenvalue weighted by atomic mass is 32.2. The van der Waals surface area contributed by atoms with Crippen molar-refractivity contribution in [2.75, 3.05) is 16.4 Å². The summed E-state index contributed by atoms with van der Waals surface area (Å²) in [5.41, 5.74) is 3.90. The number of hydrogen-bond acceptors (Lipinski definition) is 6. The Bertz CT molecular complexity index is 1060. The number of benzene rings is 2. The van der Waals surface area contributed by atoms with Crippen LogP contribution in [0.25, 0.3) is 0 Å². The first-order valence-corrected chi connectivity index (χ1v) is 12.0. The van der Waals surface area contributed by atoms with E-state index in [2.05, 4.69) is 19.1 Å². The van der Waals surface area contributed by atoms with Gasteiger partial charge >= 0.3 is 0 Å². The molecule has 2 aromatic carbocycles. The fraction of sp³-hybridized carbons (Fsp3) is 0.333. The zero-order valence-corrected chi connectivity index (χ0v) is 17.5. The molecule has 0 spiro atoms. The van der Waals surface area contributed by atoms with Gasteiger partial charge in [-0.2, -0.15) is 0 Å². The van der Waals surface area contributed by atoms with Gasteiger partial charge in [0.15, 0.2) is 20.8 Å². The number of aryl methyl sites for hydroxylation is 1. The average Bonchev–Trinajstić information content (AvgIpc) is 3.12. The van der Waals surface area contributed by atoms with Crippen molar-refractivity contribution >= 4 is 38.2 Å². The molecule has 0 aromatic heterocycles. The summed E-state index contributed by atoms with van der Waals surface area (Å²) in [6.45, 7) is 3.62. The third-order valence-electron chi connectivity index (χ3n) is 5.26. The monoisotopic (exact) mass is 414 g/mol. The Morgan fingerprint density at radius 2 is 1.96 bits per heavy atom. The second-order valence-corrected chi connectivity index (χ2v) is 10.4. The van der Waals surface area contributed by atoms with E-state index in [9.17, 15) is 13.2 Å². The van der Waals surface area contributed by atoms with E-state index in [1.54, 1.807) is 17.8 Å². The molecule has 0 bridgehead atoms. The van der Waals surface area contributed by atoms with E-state index in [0.717, 1.165) is 16.6 Å². The molecule has 0 aliphatic carbocycles. The van der Waals surface area contributed by atoms with Crippen molar-refractivity contribution in [3.8, 4) is 0 Å². The van der Waals surface area contributed by atoms with Crippen molar-refractivity contribution in [1.82, 2.24) is 0 Å². The molecule has 2 aliphatic heterocycles. The number of carbonyl (C=O) groups is 1. The lowest BCUT2D eigenvalue weighted by molar-refractivity contribution is 0.101. The average molecular weight is 415 g/mol. The lowest BCUT2D eigenvalue weighted by Gasteiger charge is -2.27. The van der Waals surface area contributed by atoms with Gasteiger partial charge in [0.25, 0.3) is 0 Å². The Labute approximate surface area is 169 Å². The predicted molar refractivity (Wildman–Crippen MR) is 115 cm³/mol. The van der Waals surface area contributed by atoms with Gasteiger partial charge in [0, 0.05) is 17.0 Å². The molecule has 2 atom stereocenters. The number of amidine groups is 1. The fourth-order valence-corrected chi connectivity index (χ4v) is 6.77. The van der Waals surface area contributed by atoms with Gasteiger partial charge in [-0.05, 0) is 37.1 Å². The summed E-state index contributed by atoms with van der Waals surface area (Å²) < 4.78 is 24.3. The van der Waals surface area contributed by atoms with Gasteiger partial charge in [0.05, 0.1) is 23.6 Å². The Morgan fingerprint density at radius 1 is 1.18 bits per heavy atom. The molecule has 0 amide bonds. The van der Waals surface area contributed by atoms with E-state index >= 15 is 0 Å². The number of fused-ring (bicyclic) bond motifs is 1. The van der Waals surface area contributed by atoms with E-state index in [0.29, 0.717) is 5.56 Å². The molecule has 0 unspecified atom stereocenters. The summed E-state index contributed by atoms with van der Waals surface area (Å²) in [6, 6.07) is 15.2. The summed E-state index contributed by atoms with van der Waals surface area (Å²) in [7, 11) is -3.10. The second-order valence-electron chi connectivity index (χ2n) is 7.31. The van der Waals surface area contributed by atoms with E-state index in [1.807, 2.05) is 35.2 Å². The van der Waals surface area contributed by atoms with Crippen LogP contribution in [-0.4, -0.2) is 43.0 Å². The van der Waals surface area contributed by atoms with Gasteiger partial charge < -0.3 is 4.90 Å². The normalized spacial score (nSPS) is 22.8. The molecule has 146 valence electrons. The van der Waals surface area contributed by atoms with E-state index in [-0.39, 0.29) is 29.4 Å². The number of rotatable bonds is 4. The summed E-state index contributed by atoms with van der Waals surface area (Å²) >= 11 is 1.62. The smallest absolute Gasteiger partial charge is 0.164 e. The van der Waals surface area contributed by atoms with Crippen LogP contribution in [0.3, 0.4) is 0 Å². The highest BCUT2D eigenvalue weighted by Gasteiger charge is 2.47. The Kier molecular flexibility index (Phi) is 5.05. The van der Waals surface area contributed by atoms with E-state index in [1.165, 1.54) is 18.1 Å². The number of aliphatic imine (C=N–C) groups is 1. The molecular formula is C21H22N2O3S2. The largest absolute Gasteiger partial charge is 0.315 e. The second kappa shape index (κ2) is 7.37. The first-order valence-electron chi connectivity index (χ1n) is 9.20. The number of sulfone groups is 1. The zero-order valence-electron chi connectivity index (χ0n) is 15.8. The maximum absolute atomic E-state index is 12.2. The molecule has 1 saturated heterocycles. The van der Waals surface area contributed by atoms with Gasteiger partial charge in [-0.25, -0.2) is 8.42 Å². The van der Waals surface area contributed by atoms with Crippen molar-refractivity contribution in [3.63, 3.8) is 0 Å². The van der Waals surface area contributed by atoms with Crippen molar-refractivity contribution in [2.45, 2.75) is 31.7 Å². The highest BCUT2D eigenvalue weighted by Crippen LogP contribution is 2.36. The number of ketones is 1. The molecule has 5 nitrogen and oxygen atoms in total. The molecule has 4 rings (SSSR count). The predicted octanol–water partition coefficient (Wildman–Crippen LogP) is 3.47. The maximum Gasteiger partial charge on any atom is 0.164 e. The molecular weight excluding hydrogens is 392 g/mol. The standard InChI is InChI=1S/C21H22N2O3S2/c1-14-6-3-4-7-17(14)11-27-21-22-19-12-28(25,26)13-20(19)23(21)18-9-5-8-16(10-18)15(2)24/h3-10,19-20H,11-13H2,1-2H3/t19-,20+/m1/s1. The Morgan fingerprint density at radius 3 is 2.71 bits per heavy atom. The molecule has 0 N–H and O–H groups in total. The molecule has 1 fully saturated rings. The summed E-state index contributed by atoms with van der Waals surface area (Å²) in [4.78, 5) is 18.6. The minimum absolute atomic E-state index is 0.0114. The summed E-state index contributed by atoms with van der Waals surface area (Å²) in [5.74, 6) is 0.942. The van der Waals surface area contributed by atoms with Gasteiger partial charge in [0.1, 0.15) is 0 Å². The third kappa shape index (κ3) is 3.73. The zero-order chi connectivity index (χ0) is 19.9. The summed E-state index contributed by atoms with van der Waals surface area (Å²) in [6.07, 6.45) is 0. The van der Waals surface area contributed by atoms with Crippen molar-refractivity contribution in [2.24, 2.45) is 4.99 Å². The minimum Gasteiger partial charge on any atom is -0.315 e. The molecule has 2 aliphatic rings. The highest BCUT2D eigenvalue weighted by molar-refractivity contribution is 8.13. The van der Waals surface area contributed by atoms with Crippen LogP contribution >= 0.6 is 11.8 Å². The van der Waals surface area contributed by atoms with Crippen molar-refractivity contribution in [1.29, 1.82) is 0 Å². The van der Waals surface area contributed by atoms with Crippen LogP contribution in [0.5, 0.6) is 0 Å². The lowest BCUT2D eigenvalue weighted by Crippen LogP contribution is -2.39. The molecule has 2 aromatic rings. The minimum atomic E-state index is -3.10. The van der Waals surface area contributed by atoms with Crippen LogP contribution in [-0.2, 0) is 15.6 Å². The Balaban J connectivity index is 1.66. The lowest BCUT2D eigenvalue weighted by atomic mass is 10.1. The Hall–Kier alpha value is -2.12. The van der Waals surface area contributed by atoms with Crippen molar-refractivity contribution < 1.29 is 13.2 Å². The SMILES string of the molecule is CC(=O)c1cccc(N2C(SCc3ccccc3C)=N[C@@H]3CS(=O)(=O)C[C@@H]32)c1. The van der Waals surface area contributed by atoms with E-state index < -0.39 is 9.84 Å². The number of thioether (sulfide) groups is 1. The molecule has 0 saturated carbocycles. The van der Waals surface area contributed by atoms with Crippen LogP contribution < -0.4 is 4.90 Å². The van der Waals surface area contributed by atoms with Crippen LogP contribution in [0.15, 0.2) is 53.5 Å². The van der Waals surface area contributed by atoms with Gasteiger partial charge in [-0.3, -0.25) is 9.79 Å². The molecule has 28 heavy (non-hydrogen) atoms. The van der Waals surface area contributed by atoms with Crippen LogP contribution in [0, 0.1) is 6.92 Å². The van der Waals surface area contributed by atoms with Crippen LogP contribution in [0.1, 0.15) is 28.4 Å². The first-order chi connectivity index (χ1) is 13.3. The van der Waals surface area contributed by atoms with E-state index in [4.69, 9.17) is 4.99 Å². The van der Waals surface area contributed by atoms with Gasteiger partial charge in [-0.1, -0.05) is 48.2 Å². The molecule has 2 heterocycles. The van der Waals surface area contributed by atoms with Gasteiger partial charge in [-0.15, -0.1) is 0 Å². The molecule has 0 radical (unpaired) electrons. The number of anilines is 1. The quantitative estimate of drug-likeness (QED) is 0.717. The number of Topliss-reactive ketones (excluding diaryl/α,β-unsaturated/α-hetero) is 1. The van der Waals surface area contributed by atoms with Crippen LogP contribution in [0.4, 0.5) is 5.69 Å². The number of hydrogen-bond donors (Lipinski definition) is 0. The molecule has 7 heteroatoms. The fourth-order valence-electron chi connectivity index (χ4n) is 3.72. The third-order valence-corrected chi connectivity index (χ3v) is 7.97. The maximum atomic E-state index is 12.2. The summed E-state index contributed by atoms with van der Waals surface area (Å²) in [5, 5.41) is 0.828. The first kappa shape index (κ1) is 19.2. The number of nitrogens with zero attached hydrogens (tertiary/aromatic N) is 2.